The largest absolute Gasteiger partial charge is 0.370 e. The van der Waals surface area contributed by atoms with Crippen molar-refractivity contribution in [1.29, 1.82) is 0 Å². The molecule has 4 saturated carbocycles. The zero-order valence-corrected chi connectivity index (χ0v) is 30.0. The first-order valence-corrected chi connectivity index (χ1v) is 22.8. The van der Waals surface area contributed by atoms with Crippen LogP contribution in [0.25, 0.3) is 0 Å². The molecule has 13 nitrogen and oxygen atoms in total. The van der Waals surface area contributed by atoms with Crippen molar-refractivity contribution >= 4 is 30.1 Å². The van der Waals surface area contributed by atoms with Gasteiger partial charge in [0.2, 0.25) is 0 Å². The zero-order valence-electron chi connectivity index (χ0n) is 27.7. The van der Waals surface area contributed by atoms with Crippen LogP contribution in [-0.4, -0.2) is 71.4 Å². The lowest BCUT2D eigenvalue weighted by atomic mass is 9.76. The maximum atomic E-state index is 13.6. The minimum Gasteiger partial charge on any atom is -0.286 e. The normalized spacial score (nSPS) is 52.2. The SMILES string of the molecule is O=S(=O)(Cl)OS(=O)(=O)C1CCCC2C3NC4NC(NC5NC(NC6NC(NC(N3)C21)C1CCCCC61)C1CCCCC51)C1CCCCC41. The van der Waals surface area contributed by atoms with E-state index in [0.717, 1.165) is 12.8 Å². The van der Waals surface area contributed by atoms with Crippen LogP contribution in [0.1, 0.15) is 96.3 Å². The van der Waals surface area contributed by atoms with E-state index in [4.69, 9.17) is 10.7 Å². The molecule has 272 valence electrons. The van der Waals surface area contributed by atoms with E-state index in [1.54, 1.807) is 0 Å². The number of nitrogens with one attached hydrogen (secondary N) is 8. The van der Waals surface area contributed by atoms with E-state index in [-0.39, 0.29) is 61.2 Å². The van der Waals surface area contributed by atoms with Crippen molar-refractivity contribution in [2.24, 2.45) is 47.3 Å². The Balaban J connectivity index is 1.08. The first kappa shape index (κ1) is 33.7. The van der Waals surface area contributed by atoms with Crippen LogP contribution in [0.4, 0.5) is 0 Å². The first-order chi connectivity index (χ1) is 23.1. The fraction of sp³-hybridized carbons (Fsp3) is 1.00. The standard InChI is InChI=1S/C32H55ClN8O5S2/c33-48(44,45)46-47(42,43)23-15-7-14-22-24(23)32-40-30-21-13-6-5-12-20(21)28(38-30)36-26-17-9-2-1-8-16(17)25(34-26)35-27-18-10-3-4-11-19(18)29(37-27)39-31(22)41-32/h16-32,34-41H,1-15H2. The third-order valence-electron chi connectivity index (χ3n) is 14.4. The number of fused-ring (bicyclic) bond motifs is 20. The second kappa shape index (κ2) is 13.0. The summed E-state index contributed by atoms with van der Waals surface area (Å²) in [4.78, 5) is 0. The molecule has 8 N–H and O–H groups in total. The molecule has 0 amide bonds. The first-order valence-electron chi connectivity index (χ1n) is 19.1. The molecule has 5 aliphatic heterocycles. The number of rotatable bonds is 3. The molecule has 4 aliphatic carbocycles. The van der Waals surface area contributed by atoms with Crippen LogP contribution >= 0.6 is 10.7 Å². The van der Waals surface area contributed by atoms with Crippen LogP contribution in [-0.2, 0) is 23.1 Å². The zero-order chi connectivity index (χ0) is 32.8. The summed E-state index contributed by atoms with van der Waals surface area (Å²) < 4.78 is 55.7. The average molecular weight is 731 g/mol. The van der Waals surface area contributed by atoms with Crippen molar-refractivity contribution in [3.63, 3.8) is 0 Å². The molecule has 8 bridgehead atoms. The minimum absolute atomic E-state index is 0.00486. The van der Waals surface area contributed by atoms with Crippen LogP contribution in [0.2, 0.25) is 0 Å². The molecule has 5 heterocycles. The number of halogens is 1. The summed E-state index contributed by atoms with van der Waals surface area (Å²) in [7, 11) is -3.82. The van der Waals surface area contributed by atoms with Crippen molar-refractivity contribution in [2.75, 3.05) is 0 Å². The Labute approximate surface area is 290 Å². The van der Waals surface area contributed by atoms with Gasteiger partial charge in [0, 0.05) is 5.92 Å². The summed E-state index contributed by atoms with van der Waals surface area (Å²) in [5.41, 5.74) is 0. The van der Waals surface area contributed by atoms with Gasteiger partial charge in [0.15, 0.2) is 0 Å². The fourth-order valence-corrected chi connectivity index (χ4v) is 15.7. The lowest BCUT2D eigenvalue weighted by Crippen LogP contribution is -2.62. The van der Waals surface area contributed by atoms with Crippen LogP contribution in [0, 0.1) is 47.3 Å². The van der Waals surface area contributed by atoms with E-state index in [2.05, 4.69) is 46.2 Å². The molecule has 0 aromatic carbocycles. The smallest absolute Gasteiger partial charge is 0.286 e. The molecule has 9 rings (SSSR count). The molecule has 16 heteroatoms. The summed E-state index contributed by atoms with van der Waals surface area (Å²) in [6.45, 7) is 0. The molecule has 9 aliphatic rings. The lowest BCUT2D eigenvalue weighted by Gasteiger charge is -2.38. The van der Waals surface area contributed by atoms with Crippen molar-refractivity contribution in [3.8, 4) is 0 Å². The van der Waals surface area contributed by atoms with Crippen molar-refractivity contribution < 1.29 is 20.5 Å². The summed E-state index contributed by atoms with van der Waals surface area (Å²) >= 11 is 0. The van der Waals surface area contributed by atoms with E-state index in [1.165, 1.54) is 70.6 Å². The number of hydrogen-bond donors (Lipinski definition) is 8. The molecule has 17 unspecified atom stereocenters. The van der Waals surface area contributed by atoms with Gasteiger partial charge in [-0.05, 0) is 92.8 Å². The summed E-state index contributed by atoms with van der Waals surface area (Å²) in [5, 5.41) is 31.1. The maximum absolute atomic E-state index is 13.6. The quantitative estimate of drug-likeness (QED) is 0.196. The highest BCUT2D eigenvalue weighted by Crippen LogP contribution is 2.47. The van der Waals surface area contributed by atoms with E-state index in [9.17, 15) is 16.8 Å². The lowest BCUT2D eigenvalue weighted by molar-refractivity contribution is 0.167. The summed E-state index contributed by atoms with van der Waals surface area (Å²) in [6, 6.07) is 0. The molecule has 0 aromatic rings. The Morgan fingerprint density at radius 2 is 0.688 bits per heavy atom. The monoisotopic (exact) mass is 730 g/mol. The van der Waals surface area contributed by atoms with Crippen LogP contribution in [0.3, 0.4) is 0 Å². The molecule has 17 atom stereocenters. The molecule has 9 fully saturated rings. The molecular weight excluding hydrogens is 676 g/mol. The Hall–Kier alpha value is -0.170. The Bertz CT molecular complexity index is 1430. The van der Waals surface area contributed by atoms with E-state index < -0.39 is 24.7 Å². The summed E-state index contributed by atoms with van der Waals surface area (Å²) in [5.74, 6) is 2.68. The Morgan fingerprint density at radius 1 is 0.396 bits per heavy atom. The highest BCUT2D eigenvalue weighted by Gasteiger charge is 2.57. The highest BCUT2D eigenvalue weighted by molar-refractivity contribution is 8.15. The van der Waals surface area contributed by atoms with Gasteiger partial charge in [-0.15, -0.1) is 3.63 Å². The van der Waals surface area contributed by atoms with E-state index in [1.807, 2.05) is 0 Å². The second-order valence-electron chi connectivity index (χ2n) is 16.7. The van der Waals surface area contributed by atoms with Crippen LogP contribution < -0.4 is 42.5 Å². The molecule has 0 aromatic heterocycles. The van der Waals surface area contributed by atoms with Gasteiger partial charge in [-0.25, -0.2) is 0 Å². The van der Waals surface area contributed by atoms with Gasteiger partial charge in [-0.1, -0.05) is 44.9 Å². The van der Waals surface area contributed by atoms with Crippen LogP contribution in [0.5, 0.6) is 0 Å². The third kappa shape index (κ3) is 6.10. The second-order valence-corrected chi connectivity index (χ2v) is 20.7. The highest BCUT2D eigenvalue weighted by atomic mass is 35.7. The molecular formula is C32H55ClN8O5S2. The predicted octanol–water partition coefficient (Wildman–Crippen LogP) is 1.41. The maximum Gasteiger partial charge on any atom is 0.370 e. The summed E-state index contributed by atoms with van der Waals surface area (Å²) in [6.07, 6.45) is 16.9. The van der Waals surface area contributed by atoms with Gasteiger partial charge in [0.25, 0.3) is 10.1 Å². The van der Waals surface area contributed by atoms with Gasteiger partial charge >= 0.3 is 9.33 Å². The Morgan fingerprint density at radius 3 is 1.02 bits per heavy atom. The average Bonchev–Trinajstić information content (AvgIpc) is 3.79. The van der Waals surface area contributed by atoms with Crippen LogP contribution in [0.15, 0.2) is 0 Å². The molecule has 0 radical (unpaired) electrons. The number of hydrogen-bond acceptors (Lipinski definition) is 13. The third-order valence-corrected chi connectivity index (χ3v) is 17.5. The van der Waals surface area contributed by atoms with Gasteiger partial charge in [-0.2, -0.15) is 16.8 Å². The van der Waals surface area contributed by atoms with Crippen molar-refractivity contribution in [1.82, 2.24) is 42.5 Å². The fourth-order valence-electron chi connectivity index (χ4n) is 12.5. The van der Waals surface area contributed by atoms with E-state index >= 15 is 0 Å². The molecule has 5 saturated heterocycles. The van der Waals surface area contributed by atoms with Gasteiger partial charge in [0.05, 0.1) is 65.3 Å². The minimum atomic E-state index is -4.71. The Kier molecular flexibility index (Phi) is 9.15. The van der Waals surface area contributed by atoms with Gasteiger partial charge < -0.3 is 0 Å². The topological polar surface area (TPSA) is 174 Å². The van der Waals surface area contributed by atoms with E-state index in [0.29, 0.717) is 48.3 Å². The van der Waals surface area contributed by atoms with Crippen molar-refractivity contribution in [2.45, 2.75) is 151 Å². The van der Waals surface area contributed by atoms with Gasteiger partial charge in [-0.3, -0.25) is 42.5 Å². The molecule has 0 spiro atoms. The van der Waals surface area contributed by atoms with Crippen molar-refractivity contribution in [3.05, 3.63) is 0 Å². The molecule has 48 heavy (non-hydrogen) atoms. The van der Waals surface area contributed by atoms with Gasteiger partial charge in [0.1, 0.15) is 0 Å². The predicted molar refractivity (Wildman–Crippen MR) is 181 cm³/mol.